The van der Waals surface area contributed by atoms with E-state index in [0.717, 1.165) is 27.8 Å². The van der Waals surface area contributed by atoms with Crippen molar-refractivity contribution in [1.82, 2.24) is 9.80 Å². The molecule has 6 nitrogen and oxygen atoms in total. The number of benzene rings is 2. The van der Waals surface area contributed by atoms with Gasteiger partial charge in [0.05, 0.1) is 18.2 Å². The van der Waals surface area contributed by atoms with E-state index < -0.39 is 17.7 Å². The molecule has 1 atom stereocenters. The number of aliphatic hydroxyl groups excluding tert-OH is 1. The summed E-state index contributed by atoms with van der Waals surface area (Å²) in [5.74, 6) is -0.702. The molecule has 1 fully saturated rings. The largest absolute Gasteiger partial charge is 0.507 e. The number of amides is 1. The lowest BCUT2D eigenvalue weighted by Gasteiger charge is -2.26. The van der Waals surface area contributed by atoms with Gasteiger partial charge in [-0.15, -0.1) is 0 Å². The molecule has 1 saturated heterocycles. The SMILES string of the molecule is CCCOc1ccc(/C(O)=C2\C(=O)C(=O)N(CCN(C)C)C2c2ccc(Br)cc2)cc1C. The lowest BCUT2D eigenvalue weighted by atomic mass is 9.95. The first-order valence-electron chi connectivity index (χ1n) is 10.7. The number of aliphatic hydroxyl groups is 1. The first-order valence-corrected chi connectivity index (χ1v) is 11.5. The van der Waals surface area contributed by atoms with Crippen molar-refractivity contribution < 1.29 is 19.4 Å². The zero-order valence-electron chi connectivity index (χ0n) is 18.9. The smallest absolute Gasteiger partial charge is 0.295 e. The van der Waals surface area contributed by atoms with Crippen molar-refractivity contribution >= 4 is 33.4 Å². The molecule has 0 saturated carbocycles. The molecule has 0 aromatic heterocycles. The minimum atomic E-state index is -0.668. The summed E-state index contributed by atoms with van der Waals surface area (Å²) in [7, 11) is 3.83. The van der Waals surface area contributed by atoms with Crippen molar-refractivity contribution in [2.24, 2.45) is 0 Å². The van der Waals surface area contributed by atoms with Gasteiger partial charge in [-0.3, -0.25) is 9.59 Å². The molecular formula is C25H29BrN2O4. The molecule has 0 radical (unpaired) electrons. The van der Waals surface area contributed by atoms with Crippen molar-refractivity contribution in [3.05, 3.63) is 69.2 Å². The van der Waals surface area contributed by atoms with Crippen molar-refractivity contribution in [1.29, 1.82) is 0 Å². The Morgan fingerprint density at radius 3 is 2.44 bits per heavy atom. The van der Waals surface area contributed by atoms with Crippen LogP contribution in [0.25, 0.3) is 5.76 Å². The predicted octanol–water partition coefficient (Wildman–Crippen LogP) is 4.53. The monoisotopic (exact) mass is 500 g/mol. The number of ether oxygens (including phenoxy) is 1. The number of likely N-dealkylation sites (tertiary alicyclic amines) is 1. The molecule has 170 valence electrons. The molecule has 32 heavy (non-hydrogen) atoms. The van der Waals surface area contributed by atoms with Crippen LogP contribution in [-0.2, 0) is 9.59 Å². The van der Waals surface area contributed by atoms with Gasteiger partial charge in [0.15, 0.2) is 0 Å². The summed E-state index contributed by atoms with van der Waals surface area (Å²) >= 11 is 3.43. The minimum absolute atomic E-state index is 0.109. The Balaban J connectivity index is 2.09. The molecule has 0 bridgehead atoms. The molecule has 1 N–H and O–H groups in total. The van der Waals surface area contributed by atoms with Gasteiger partial charge in [0.25, 0.3) is 11.7 Å². The van der Waals surface area contributed by atoms with Crippen molar-refractivity contribution in [3.8, 4) is 5.75 Å². The Morgan fingerprint density at radius 2 is 1.84 bits per heavy atom. The number of hydrogen-bond acceptors (Lipinski definition) is 5. The van der Waals surface area contributed by atoms with Gasteiger partial charge < -0.3 is 19.6 Å². The first-order chi connectivity index (χ1) is 15.2. The quantitative estimate of drug-likeness (QED) is 0.327. The average Bonchev–Trinajstić information content (AvgIpc) is 3.01. The Bertz CT molecular complexity index is 1030. The molecule has 1 amide bonds. The van der Waals surface area contributed by atoms with Crippen LogP contribution in [0.5, 0.6) is 5.75 Å². The Hall–Kier alpha value is -2.64. The second kappa shape index (κ2) is 10.3. The number of halogens is 1. The topological polar surface area (TPSA) is 70.1 Å². The number of Topliss-reactive ketones (excluding diaryl/α,β-unsaturated/α-hetero) is 1. The highest BCUT2D eigenvalue weighted by Gasteiger charge is 2.45. The van der Waals surface area contributed by atoms with Gasteiger partial charge in [0.2, 0.25) is 0 Å². The molecule has 2 aromatic rings. The number of likely N-dealkylation sites (N-methyl/N-ethyl adjacent to an activating group) is 1. The third kappa shape index (κ3) is 5.05. The van der Waals surface area contributed by atoms with Crippen molar-refractivity contribution in [2.45, 2.75) is 26.3 Å². The fourth-order valence-electron chi connectivity index (χ4n) is 3.74. The van der Waals surface area contributed by atoms with E-state index in [2.05, 4.69) is 15.9 Å². The molecule has 1 unspecified atom stereocenters. The fourth-order valence-corrected chi connectivity index (χ4v) is 4.00. The molecule has 3 rings (SSSR count). The van der Waals surface area contributed by atoms with E-state index in [-0.39, 0.29) is 11.3 Å². The van der Waals surface area contributed by atoms with Crippen LogP contribution in [0.2, 0.25) is 0 Å². The summed E-state index contributed by atoms with van der Waals surface area (Å²) in [6, 6.07) is 12.1. The van der Waals surface area contributed by atoms with Gasteiger partial charge in [-0.25, -0.2) is 0 Å². The first kappa shape index (κ1) is 24.0. The number of ketones is 1. The second-order valence-corrected chi connectivity index (χ2v) is 9.09. The molecule has 2 aromatic carbocycles. The zero-order chi connectivity index (χ0) is 23.4. The third-order valence-electron chi connectivity index (χ3n) is 5.42. The van der Waals surface area contributed by atoms with Crippen LogP contribution in [0.3, 0.4) is 0 Å². The van der Waals surface area contributed by atoms with E-state index in [1.807, 2.05) is 57.1 Å². The van der Waals surface area contributed by atoms with Crippen LogP contribution in [-0.4, -0.2) is 60.4 Å². The van der Waals surface area contributed by atoms with E-state index in [1.165, 1.54) is 0 Å². The maximum absolute atomic E-state index is 13.1. The molecule has 0 spiro atoms. The summed E-state index contributed by atoms with van der Waals surface area (Å²) in [5.41, 5.74) is 2.22. The van der Waals surface area contributed by atoms with E-state index in [1.54, 1.807) is 23.1 Å². The van der Waals surface area contributed by atoms with Gasteiger partial charge in [-0.1, -0.05) is 35.0 Å². The summed E-state index contributed by atoms with van der Waals surface area (Å²) in [5, 5.41) is 11.2. The van der Waals surface area contributed by atoms with Crippen molar-refractivity contribution in [3.63, 3.8) is 0 Å². The normalized spacial score (nSPS) is 17.9. The average molecular weight is 501 g/mol. The standard InChI is InChI=1S/C25H29BrN2O4/c1-5-14-32-20-11-8-18(15-16(20)2)23(29)21-22(17-6-9-19(26)10-7-17)28(13-12-27(3)4)25(31)24(21)30/h6-11,15,22,29H,5,12-14H2,1-4H3/b23-21+. The summed E-state index contributed by atoms with van der Waals surface area (Å²) in [6.07, 6.45) is 0.894. The van der Waals surface area contributed by atoms with Gasteiger partial charge >= 0.3 is 0 Å². The molecule has 0 aliphatic carbocycles. The molecule has 1 aliphatic rings. The number of carbonyl (C=O) groups excluding carboxylic acids is 2. The number of carbonyl (C=O) groups is 2. The number of hydrogen-bond donors (Lipinski definition) is 1. The summed E-state index contributed by atoms with van der Waals surface area (Å²) in [4.78, 5) is 29.5. The molecular weight excluding hydrogens is 472 g/mol. The lowest BCUT2D eigenvalue weighted by Crippen LogP contribution is -2.35. The maximum Gasteiger partial charge on any atom is 0.295 e. The van der Waals surface area contributed by atoms with E-state index >= 15 is 0 Å². The summed E-state index contributed by atoms with van der Waals surface area (Å²) in [6.45, 7) is 5.50. The predicted molar refractivity (Wildman–Crippen MR) is 129 cm³/mol. The van der Waals surface area contributed by atoms with Crippen LogP contribution >= 0.6 is 15.9 Å². The highest BCUT2D eigenvalue weighted by molar-refractivity contribution is 9.10. The second-order valence-electron chi connectivity index (χ2n) is 8.18. The highest BCUT2D eigenvalue weighted by Crippen LogP contribution is 2.40. The highest BCUT2D eigenvalue weighted by atomic mass is 79.9. The minimum Gasteiger partial charge on any atom is -0.507 e. The summed E-state index contributed by atoms with van der Waals surface area (Å²) < 4.78 is 6.61. The van der Waals surface area contributed by atoms with E-state index in [4.69, 9.17) is 4.74 Å². The van der Waals surface area contributed by atoms with Crippen LogP contribution in [0.4, 0.5) is 0 Å². The van der Waals surface area contributed by atoms with Crippen LogP contribution in [0.15, 0.2) is 52.5 Å². The third-order valence-corrected chi connectivity index (χ3v) is 5.95. The zero-order valence-corrected chi connectivity index (χ0v) is 20.5. The Morgan fingerprint density at radius 1 is 1.16 bits per heavy atom. The molecule has 1 aliphatic heterocycles. The van der Waals surface area contributed by atoms with Crippen molar-refractivity contribution in [2.75, 3.05) is 33.8 Å². The van der Waals surface area contributed by atoms with Crippen LogP contribution in [0.1, 0.15) is 36.1 Å². The Labute approximate surface area is 197 Å². The van der Waals surface area contributed by atoms with Gasteiger partial charge in [-0.05, 0) is 68.9 Å². The molecule has 1 heterocycles. The van der Waals surface area contributed by atoms with Gasteiger partial charge in [-0.2, -0.15) is 0 Å². The number of nitrogens with zero attached hydrogens (tertiary/aromatic N) is 2. The van der Waals surface area contributed by atoms with E-state index in [9.17, 15) is 14.7 Å². The van der Waals surface area contributed by atoms with Gasteiger partial charge in [0, 0.05) is 23.1 Å². The molecule has 7 heteroatoms. The fraction of sp³-hybridized carbons (Fsp3) is 0.360. The number of aryl methyl sites for hydroxylation is 1. The maximum atomic E-state index is 13.1. The van der Waals surface area contributed by atoms with E-state index in [0.29, 0.717) is 25.3 Å². The number of rotatable bonds is 8. The van der Waals surface area contributed by atoms with Gasteiger partial charge in [0.1, 0.15) is 11.5 Å². The van der Waals surface area contributed by atoms with Crippen LogP contribution < -0.4 is 4.74 Å². The van der Waals surface area contributed by atoms with Crippen LogP contribution in [0, 0.1) is 6.92 Å². The lowest BCUT2D eigenvalue weighted by molar-refractivity contribution is -0.140. The Kier molecular flexibility index (Phi) is 7.74.